The number of aliphatic carboxylic acids is 1. The highest BCUT2D eigenvalue weighted by Gasteiger charge is 2.26. The number of carboxylic acids is 1. The van der Waals surface area contributed by atoms with Crippen molar-refractivity contribution in [2.45, 2.75) is 40.0 Å². The van der Waals surface area contributed by atoms with E-state index < -0.39 is 5.97 Å². The minimum Gasteiger partial charge on any atom is -0.480 e. The molecule has 1 aromatic heterocycles. The van der Waals surface area contributed by atoms with E-state index in [0.717, 1.165) is 45.4 Å². The number of carboxylic acid groups (broad SMARTS) is 1. The average Bonchev–Trinajstić information content (AvgIpc) is 2.69. The van der Waals surface area contributed by atoms with Gasteiger partial charge in [0.25, 0.3) is 0 Å². The van der Waals surface area contributed by atoms with E-state index in [1.165, 1.54) is 0 Å². The minimum absolute atomic E-state index is 0.0882. The standard InChI is InChI=1S/C18H30N6O3/c1-4-22(5-2)17-20-12-14(16(21-17)19-13-15(25)26)24(6-3)18(27)23-10-8-7-9-11-23/h12H,4-11,13H2,1-3H3,(H,25,26)(H,19,20,21). The van der Waals surface area contributed by atoms with Gasteiger partial charge in [0, 0.05) is 32.7 Å². The summed E-state index contributed by atoms with van der Waals surface area (Å²) in [6, 6.07) is -0.0882. The predicted octanol–water partition coefficient (Wildman–Crippen LogP) is 2.25. The Hall–Kier alpha value is -2.58. The van der Waals surface area contributed by atoms with Gasteiger partial charge < -0.3 is 20.2 Å². The SMILES string of the molecule is CCN(CC)c1ncc(N(CC)C(=O)N2CCCCC2)c(NCC(=O)O)n1. The van der Waals surface area contributed by atoms with Gasteiger partial charge in [-0.3, -0.25) is 9.69 Å². The van der Waals surface area contributed by atoms with Gasteiger partial charge in [-0.1, -0.05) is 0 Å². The number of carbonyl (C=O) groups is 2. The van der Waals surface area contributed by atoms with Crippen LogP contribution in [0.3, 0.4) is 0 Å². The van der Waals surface area contributed by atoms with E-state index in [4.69, 9.17) is 5.11 Å². The molecule has 2 amide bonds. The van der Waals surface area contributed by atoms with Crippen molar-refractivity contribution < 1.29 is 14.7 Å². The number of urea groups is 1. The zero-order valence-corrected chi connectivity index (χ0v) is 16.4. The van der Waals surface area contributed by atoms with Gasteiger partial charge in [-0.25, -0.2) is 9.78 Å². The normalized spacial score (nSPS) is 14.0. The van der Waals surface area contributed by atoms with Gasteiger partial charge >= 0.3 is 12.0 Å². The van der Waals surface area contributed by atoms with E-state index in [9.17, 15) is 9.59 Å². The highest BCUT2D eigenvalue weighted by Crippen LogP contribution is 2.27. The second-order valence-corrected chi connectivity index (χ2v) is 6.40. The van der Waals surface area contributed by atoms with Crippen molar-refractivity contribution in [2.24, 2.45) is 0 Å². The van der Waals surface area contributed by atoms with E-state index in [1.807, 2.05) is 30.6 Å². The van der Waals surface area contributed by atoms with Crippen LogP contribution in [0.25, 0.3) is 0 Å². The number of anilines is 3. The molecule has 1 aliphatic rings. The van der Waals surface area contributed by atoms with Crippen LogP contribution in [-0.4, -0.2) is 71.2 Å². The predicted molar refractivity (Wildman–Crippen MR) is 106 cm³/mol. The summed E-state index contributed by atoms with van der Waals surface area (Å²) in [5.41, 5.74) is 0.505. The lowest BCUT2D eigenvalue weighted by Gasteiger charge is -2.33. The molecule has 9 nitrogen and oxygen atoms in total. The molecule has 0 atom stereocenters. The number of nitrogens with one attached hydrogen (secondary N) is 1. The molecule has 0 unspecified atom stereocenters. The van der Waals surface area contributed by atoms with E-state index in [0.29, 0.717) is 24.0 Å². The molecule has 0 aliphatic carbocycles. The van der Waals surface area contributed by atoms with Crippen LogP contribution in [0.15, 0.2) is 6.20 Å². The van der Waals surface area contributed by atoms with Crippen molar-refractivity contribution in [3.05, 3.63) is 6.20 Å². The van der Waals surface area contributed by atoms with Gasteiger partial charge in [0.2, 0.25) is 5.95 Å². The Balaban J connectivity index is 2.35. The van der Waals surface area contributed by atoms with Crippen molar-refractivity contribution >= 4 is 29.5 Å². The van der Waals surface area contributed by atoms with E-state index in [-0.39, 0.29) is 12.6 Å². The van der Waals surface area contributed by atoms with E-state index >= 15 is 0 Å². The number of hydrogen-bond donors (Lipinski definition) is 2. The van der Waals surface area contributed by atoms with E-state index in [2.05, 4.69) is 15.3 Å². The molecule has 9 heteroatoms. The van der Waals surface area contributed by atoms with Crippen LogP contribution < -0.4 is 15.1 Å². The number of nitrogens with zero attached hydrogens (tertiary/aromatic N) is 5. The summed E-state index contributed by atoms with van der Waals surface area (Å²) >= 11 is 0. The highest BCUT2D eigenvalue weighted by molar-refractivity contribution is 5.95. The van der Waals surface area contributed by atoms with Gasteiger partial charge in [0.1, 0.15) is 12.2 Å². The lowest BCUT2D eigenvalue weighted by Crippen LogP contribution is -2.46. The molecule has 0 saturated carbocycles. The maximum atomic E-state index is 13.0. The molecule has 150 valence electrons. The summed E-state index contributed by atoms with van der Waals surface area (Å²) in [6.07, 6.45) is 4.76. The molecule has 0 radical (unpaired) electrons. The van der Waals surface area contributed by atoms with Crippen LogP contribution >= 0.6 is 0 Å². The van der Waals surface area contributed by atoms with Crippen molar-refractivity contribution in [3.8, 4) is 0 Å². The summed E-state index contributed by atoms with van der Waals surface area (Å²) in [7, 11) is 0. The number of hydrogen-bond acceptors (Lipinski definition) is 6. The molecule has 1 fully saturated rings. The number of amides is 2. The summed E-state index contributed by atoms with van der Waals surface area (Å²) in [4.78, 5) is 38.4. The quantitative estimate of drug-likeness (QED) is 0.715. The number of aromatic nitrogens is 2. The monoisotopic (exact) mass is 378 g/mol. The Morgan fingerprint density at radius 3 is 2.37 bits per heavy atom. The largest absolute Gasteiger partial charge is 0.480 e. The van der Waals surface area contributed by atoms with Gasteiger partial charge in [-0.15, -0.1) is 0 Å². The van der Waals surface area contributed by atoms with Gasteiger partial charge in [0.05, 0.1) is 6.20 Å². The molecule has 0 aromatic carbocycles. The molecule has 0 bridgehead atoms. The van der Waals surface area contributed by atoms with E-state index in [1.54, 1.807) is 11.1 Å². The Labute approximate surface area is 160 Å². The molecule has 2 rings (SSSR count). The Morgan fingerprint density at radius 1 is 1.15 bits per heavy atom. The third-order valence-corrected chi connectivity index (χ3v) is 4.67. The summed E-state index contributed by atoms with van der Waals surface area (Å²) in [5.74, 6) is -0.117. The zero-order valence-electron chi connectivity index (χ0n) is 16.4. The zero-order chi connectivity index (χ0) is 19.8. The van der Waals surface area contributed by atoms with Crippen molar-refractivity contribution in [2.75, 3.05) is 54.4 Å². The first-order valence-corrected chi connectivity index (χ1v) is 9.65. The lowest BCUT2D eigenvalue weighted by atomic mass is 10.1. The molecule has 1 saturated heterocycles. The fourth-order valence-electron chi connectivity index (χ4n) is 3.18. The third-order valence-electron chi connectivity index (χ3n) is 4.67. The molecule has 1 aromatic rings. The molecular weight excluding hydrogens is 348 g/mol. The number of carbonyl (C=O) groups excluding carboxylic acids is 1. The topological polar surface area (TPSA) is 102 Å². The number of rotatable bonds is 8. The van der Waals surface area contributed by atoms with Crippen molar-refractivity contribution in [1.82, 2.24) is 14.9 Å². The highest BCUT2D eigenvalue weighted by atomic mass is 16.4. The second-order valence-electron chi connectivity index (χ2n) is 6.40. The van der Waals surface area contributed by atoms with Crippen LogP contribution in [0.2, 0.25) is 0 Å². The van der Waals surface area contributed by atoms with Gasteiger partial charge in [0.15, 0.2) is 5.82 Å². The van der Waals surface area contributed by atoms with Crippen LogP contribution in [0.1, 0.15) is 40.0 Å². The Kier molecular flexibility index (Phi) is 7.63. The Morgan fingerprint density at radius 2 is 1.81 bits per heavy atom. The van der Waals surface area contributed by atoms with Crippen LogP contribution in [0.5, 0.6) is 0 Å². The molecule has 0 spiro atoms. The Bertz CT molecular complexity index is 644. The molecule has 1 aliphatic heterocycles. The first-order valence-electron chi connectivity index (χ1n) is 9.65. The third kappa shape index (κ3) is 5.21. The summed E-state index contributed by atoms with van der Waals surface area (Å²) < 4.78 is 0. The number of piperidine rings is 1. The maximum absolute atomic E-state index is 13.0. The average molecular weight is 378 g/mol. The van der Waals surface area contributed by atoms with Crippen LogP contribution in [-0.2, 0) is 4.79 Å². The van der Waals surface area contributed by atoms with Gasteiger partial charge in [-0.05, 0) is 40.0 Å². The maximum Gasteiger partial charge on any atom is 0.324 e. The lowest BCUT2D eigenvalue weighted by molar-refractivity contribution is -0.134. The van der Waals surface area contributed by atoms with Crippen molar-refractivity contribution in [1.29, 1.82) is 0 Å². The first kappa shape index (κ1) is 20.7. The first-order chi connectivity index (χ1) is 13.0. The molecular formula is C18H30N6O3. The van der Waals surface area contributed by atoms with Crippen LogP contribution in [0.4, 0.5) is 22.2 Å². The second kappa shape index (κ2) is 9.94. The summed E-state index contributed by atoms with van der Waals surface area (Å²) in [5, 5.41) is 11.9. The van der Waals surface area contributed by atoms with Gasteiger partial charge in [-0.2, -0.15) is 4.98 Å². The fourth-order valence-corrected chi connectivity index (χ4v) is 3.18. The van der Waals surface area contributed by atoms with Crippen LogP contribution in [0, 0.1) is 0 Å². The number of likely N-dealkylation sites (tertiary alicyclic amines) is 1. The molecule has 2 heterocycles. The fraction of sp³-hybridized carbons (Fsp3) is 0.667. The minimum atomic E-state index is -0.991. The smallest absolute Gasteiger partial charge is 0.324 e. The molecule has 27 heavy (non-hydrogen) atoms. The molecule has 2 N–H and O–H groups in total. The summed E-state index contributed by atoms with van der Waals surface area (Å²) in [6.45, 7) is 9.02. The van der Waals surface area contributed by atoms with Crippen molar-refractivity contribution in [3.63, 3.8) is 0 Å².